The van der Waals surface area contributed by atoms with Gasteiger partial charge in [-0.05, 0) is 13.0 Å². The van der Waals surface area contributed by atoms with Crippen LogP contribution in [-0.4, -0.2) is 9.78 Å². The largest absolute Gasteiger partial charge is 0.325 e. The van der Waals surface area contributed by atoms with Crippen molar-refractivity contribution in [2.75, 3.05) is 0 Å². The molecule has 1 unspecified atom stereocenters. The molecule has 1 rings (SSSR count). The summed E-state index contributed by atoms with van der Waals surface area (Å²) in [6, 6.07) is 1.70. The molecule has 3 nitrogen and oxygen atoms in total. The summed E-state index contributed by atoms with van der Waals surface area (Å²) in [4.78, 5) is 0. The summed E-state index contributed by atoms with van der Waals surface area (Å²) < 4.78 is 13.7. The van der Waals surface area contributed by atoms with Gasteiger partial charge in [0.2, 0.25) is 0 Å². The number of nitrogens with zero attached hydrogens (tertiary/aromatic N) is 2. The SMILES string of the molecule is CC(F)n1ccc(CN)n1. The zero-order valence-corrected chi connectivity index (χ0v) is 5.79. The predicted molar refractivity (Wildman–Crippen MR) is 35.9 cm³/mol. The van der Waals surface area contributed by atoms with Crippen molar-refractivity contribution in [3.8, 4) is 0 Å². The van der Waals surface area contributed by atoms with Crippen LogP contribution in [0.2, 0.25) is 0 Å². The van der Waals surface area contributed by atoms with E-state index in [9.17, 15) is 4.39 Å². The van der Waals surface area contributed by atoms with Crippen LogP contribution in [0, 0.1) is 0 Å². The molecule has 4 heteroatoms. The molecule has 1 atom stereocenters. The van der Waals surface area contributed by atoms with Crippen LogP contribution < -0.4 is 5.73 Å². The van der Waals surface area contributed by atoms with Gasteiger partial charge in [0, 0.05) is 12.7 Å². The third kappa shape index (κ3) is 1.33. The van der Waals surface area contributed by atoms with E-state index < -0.39 is 6.30 Å². The lowest BCUT2D eigenvalue weighted by Gasteiger charge is -1.98. The maximum Gasteiger partial charge on any atom is 0.188 e. The number of hydrogen-bond acceptors (Lipinski definition) is 2. The monoisotopic (exact) mass is 143 g/mol. The van der Waals surface area contributed by atoms with Gasteiger partial charge in [0.15, 0.2) is 6.30 Å². The van der Waals surface area contributed by atoms with E-state index >= 15 is 0 Å². The van der Waals surface area contributed by atoms with Crippen LogP contribution in [0.25, 0.3) is 0 Å². The van der Waals surface area contributed by atoms with Gasteiger partial charge in [0.05, 0.1) is 5.69 Å². The van der Waals surface area contributed by atoms with Gasteiger partial charge in [-0.2, -0.15) is 5.10 Å². The number of nitrogens with two attached hydrogens (primary N) is 1. The fourth-order valence-corrected chi connectivity index (χ4v) is 0.684. The van der Waals surface area contributed by atoms with E-state index in [1.54, 1.807) is 12.3 Å². The van der Waals surface area contributed by atoms with Gasteiger partial charge in [0.1, 0.15) is 0 Å². The fraction of sp³-hybridized carbons (Fsp3) is 0.500. The molecule has 56 valence electrons. The first-order chi connectivity index (χ1) is 4.74. The molecule has 0 aromatic carbocycles. The van der Waals surface area contributed by atoms with E-state index in [0.717, 1.165) is 0 Å². The van der Waals surface area contributed by atoms with Gasteiger partial charge in [-0.15, -0.1) is 0 Å². The zero-order valence-electron chi connectivity index (χ0n) is 5.79. The minimum atomic E-state index is -1.07. The number of aromatic nitrogens is 2. The fourth-order valence-electron chi connectivity index (χ4n) is 0.684. The molecule has 10 heavy (non-hydrogen) atoms. The van der Waals surface area contributed by atoms with E-state index in [-0.39, 0.29) is 0 Å². The lowest BCUT2D eigenvalue weighted by atomic mass is 10.4. The molecule has 1 aromatic rings. The van der Waals surface area contributed by atoms with Crippen LogP contribution in [0.5, 0.6) is 0 Å². The first-order valence-corrected chi connectivity index (χ1v) is 3.12. The average Bonchev–Trinajstić information content (AvgIpc) is 2.34. The Morgan fingerprint density at radius 1 is 1.90 bits per heavy atom. The second kappa shape index (κ2) is 2.79. The molecule has 0 radical (unpaired) electrons. The summed E-state index contributed by atoms with van der Waals surface area (Å²) in [5, 5.41) is 3.84. The normalized spacial score (nSPS) is 13.5. The molecule has 0 bridgehead atoms. The molecular weight excluding hydrogens is 133 g/mol. The topological polar surface area (TPSA) is 43.8 Å². The second-order valence-corrected chi connectivity index (χ2v) is 2.07. The zero-order chi connectivity index (χ0) is 7.56. The summed E-state index contributed by atoms with van der Waals surface area (Å²) in [6.45, 7) is 1.78. The maximum atomic E-state index is 12.4. The van der Waals surface area contributed by atoms with Crippen molar-refractivity contribution in [2.24, 2.45) is 5.73 Å². The van der Waals surface area contributed by atoms with Crippen molar-refractivity contribution in [2.45, 2.75) is 19.8 Å². The van der Waals surface area contributed by atoms with Crippen molar-refractivity contribution < 1.29 is 4.39 Å². The van der Waals surface area contributed by atoms with Gasteiger partial charge >= 0.3 is 0 Å². The Morgan fingerprint density at radius 2 is 2.60 bits per heavy atom. The van der Waals surface area contributed by atoms with Crippen LogP contribution in [0.4, 0.5) is 4.39 Å². The smallest absolute Gasteiger partial charge is 0.188 e. The third-order valence-electron chi connectivity index (χ3n) is 1.24. The summed E-state index contributed by atoms with van der Waals surface area (Å²) in [5.74, 6) is 0. The molecule has 0 spiro atoms. The van der Waals surface area contributed by atoms with E-state index in [0.29, 0.717) is 12.2 Å². The van der Waals surface area contributed by atoms with E-state index in [2.05, 4.69) is 5.10 Å². The highest BCUT2D eigenvalue weighted by Gasteiger charge is 2.01. The lowest BCUT2D eigenvalue weighted by molar-refractivity contribution is 0.244. The molecule has 1 heterocycles. The molecule has 0 saturated heterocycles. The van der Waals surface area contributed by atoms with Crippen LogP contribution in [0.3, 0.4) is 0 Å². The second-order valence-electron chi connectivity index (χ2n) is 2.07. The van der Waals surface area contributed by atoms with Crippen LogP contribution in [0.1, 0.15) is 18.9 Å². The standard InChI is InChI=1S/C6H10FN3/c1-5(7)10-3-2-6(4-8)9-10/h2-3,5H,4,8H2,1H3. The van der Waals surface area contributed by atoms with Crippen LogP contribution in [0.15, 0.2) is 12.3 Å². The Hall–Kier alpha value is -0.900. The Morgan fingerprint density at radius 3 is 2.90 bits per heavy atom. The summed E-state index contributed by atoms with van der Waals surface area (Å²) >= 11 is 0. The molecular formula is C6H10FN3. The molecule has 0 amide bonds. The van der Waals surface area contributed by atoms with Gasteiger partial charge in [0.25, 0.3) is 0 Å². The Bertz CT molecular complexity index is 207. The lowest BCUT2D eigenvalue weighted by Crippen LogP contribution is -2.02. The molecule has 2 N–H and O–H groups in total. The average molecular weight is 143 g/mol. The number of rotatable bonds is 2. The highest BCUT2D eigenvalue weighted by molar-refractivity contribution is 4.97. The minimum absolute atomic E-state index is 0.361. The quantitative estimate of drug-likeness (QED) is 0.666. The summed E-state index contributed by atoms with van der Waals surface area (Å²) in [5.41, 5.74) is 5.98. The predicted octanol–water partition coefficient (Wildman–Crippen LogP) is 0.830. The number of hydrogen-bond donors (Lipinski definition) is 1. The maximum absolute atomic E-state index is 12.4. The number of halogens is 1. The molecule has 0 saturated carbocycles. The molecule has 0 aliphatic heterocycles. The molecule has 0 aliphatic carbocycles. The third-order valence-corrected chi connectivity index (χ3v) is 1.24. The number of alkyl halides is 1. The Kier molecular flexibility index (Phi) is 2.01. The summed E-state index contributed by atoms with van der Waals surface area (Å²) in [6.07, 6.45) is 0.507. The minimum Gasteiger partial charge on any atom is -0.325 e. The highest BCUT2D eigenvalue weighted by Crippen LogP contribution is 2.05. The Balaban J connectivity index is 2.78. The summed E-state index contributed by atoms with van der Waals surface area (Å²) in [7, 11) is 0. The van der Waals surface area contributed by atoms with Gasteiger partial charge < -0.3 is 5.73 Å². The molecule has 0 fully saturated rings. The van der Waals surface area contributed by atoms with Gasteiger partial charge in [-0.25, -0.2) is 9.07 Å². The van der Waals surface area contributed by atoms with Crippen molar-refractivity contribution in [3.63, 3.8) is 0 Å². The van der Waals surface area contributed by atoms with E-state index in [1.807, 2.05) is 0 Å². The van der Waals surface area contributed by atoms with E-state index in [1.165, 1.54) is 11.6 Å². The van der Waals surface area contributed by atoms with E-state index in [4.69, 9.17) is 5.73 Å². The first-order valence-electron chi connectivity index (χ1n) is 3.12. The Labute approximate surface area is 58.6 Å². The van der Waals surface area contributed by atoms with Crippen molar-refractivity contribution in [1.29, 1.82) is 0 Å². The van der Waals surface area contributed by atoms with Crippen molar-refractivity contribution >= 4 is 0 Å². The van der Waals surface area contributed by atoms with Crippen LogP contribution in [-0.2, 0) is 6.54 Å². The highest BCUT2D eigenvalue weighted by atomic mass is 19.1. The first kappa shape index (κ1) is 7.21. The van der Waals surface area contributed by atoms with Crippen molar-refractivity contribution in [3.05, 3.63) is 18.0 Å². The molecule has 0 aliphatic rings. The van der Waals surface area contributed by atoms with Crippen molar-refractivity contribution in [1.82, 2.24) is 9.78 Å². The van der Waals surface area contributed by atoms with Gasteiger partial charge in [-0.1, -0.05) is 0 Å². The molecule has 1 aromatic heterocycles. The van der Waals surface area contributed by atoms with Crippen LogP contribution >= 0.6 is 0 Å². The van der Waals surface area contributed by atoms with Gasteiger partial charge in [-0.3, -0.25) is 0 Å².